The minimum atomic E-state index is -0.626. The molecule has 0 fully saturated rings. The first kappa shape index (κ1) is 27.9. The molecule has 2 aromatic carbocycles. The van der Waals surface area contributed by atoms with E-state index in [1.807, 2.05) is 53.7 Å². The third-order valence-corrected chi connectivity index (χ3v) is 6.42. The van der Waals surface area contributed by atoms with Gasteiger partial charge in [-0.3, -0.25) is 14.4 Å². The number of anilines is 3. The predicted octanol–water partition coefficient (Wildman–Crippen LogP) is 4.81. The van der Waals surface area contributed by atoms with Crippen molar-refractivity contribution in [2.45, 2.75) is 54.1 Å². The monoisotopic (exact) mass is 527 g/mol. The van der Waals surface area contributed by atoms with Crippen molar-refractivity contribution < 1.29 is 18.8 Å². The van der Waals surface area contributed by atoms with E-state index in [0.29, 0.717) is 41.0 Å². The van der Waals surface area contributed by atoms with Crippen LogP contribution in [0.15, 0.2) is 38.3 Å². The predicted molar refractivity (Wildman–Crippen MR) is 140 cm³/mol. The number of hydrogen-bond acceptors (Lipinski definition) is 8. The Morgan fingerprint density at radius 2 is 1.68 bits per heavy atom. The molecule has 1 aromatic heterocycles. The molecule has 0 aliphatic carbocycles. The second kappa shape index (κ2) is 10.7. The van der Waals surface area contributed by atoms with Crippen LogP contribution in [0.3, 0.4) is 0 Å². The average Bonchev–Trinajstić information content (AvgIpc) is 3.37. The summed E-state index contributed by atoms with van der Waals surface area (Å²) in [5.74, 6) is 1.60. The number of carbonyl (C=O) groups is 1. The van der Waals surface area contributed by atoms with Crippen LogP contribution < -0.4 is 21.5 Å². The number of rotatable bonds is 7. The Morgan fingerprint density at radius 1 is 1.05 bits per heavy atom. The molecule has 1 aliphatic heterocycles. The van der Waals surface area contributed by atoms with Gasteiger partial charge in [0.05, 0.1) is 17.3 Å². The molecule has 0 saturated heterocycles. The van der Waals surface area contributed by atoms with Gasteiger partial charge in [0.15, 0.2) is 0 Å². The van der Waals surface area contributed by atoms with Gasteiger partial charge in [-0.05, 0) is 42.5 Å². The molecular weight excluding hydrogens is 498 g/mol. The zero-order chi connectivity index (χ0) is 27.7. The quantitative estimate of drug-likeness (QED) is 0.419. The van der Waals surface area contributed by atoms with Crippen molar-refractivity contribution >= 4 is 40.7 Å². The number of aryl methyl sites for hydroxylation is 1. The van der Waals surface area contributed by atoms with Gasteiger partial charge < -0.3 is 20.0 Å². The molecule has 0 spiro atoms. The summed E-state index contributed by atoms with van der Waals surface area (Å²) < 4.78 is 5.82. The van der Waals surface area contributed by atoms with Gasteiger partial charge >= 0.3 is 6.15 Å². The molecule has 2 heterocycles. The molecule has 4 rings (SSSR count). The topological polar surface area (TPSA) is 126 Å². The van der Waals surface area contributed by atoms with Crippen LogP contribution in [0.1, 0.15) is 68.1 Å². The standard InChI is InChI=1S/C26H30ClN3O4.CO2/c1-13(2)11-30-12-15-16(27)8-9-17(19(15)25(30)33)28-20-21(23(32)22(20)31)29-24(26(4,5)6)18-10-7-14(3)34-18;2-1-3/h7-10,13,24,28-29H,11-12H2,1-6H3;/t24-;/m0./s1. The lowest BCUT2D eigenvalue weighted by Gasteiger charge is -2.31. The lowest BCUT2D eigenvalue weighted by Crippen LogP contribution is -2.39. The van der Waals surface area contributed by atoms with Gasteiger partial charge in [-0.25, -0.2) is 0 Å². The number of halogens is 1. The van der Waals surface area contributed by atoms with Crippen LogP contribution in [-0.2, 0) is 16.1 Å². The third kappa shape index (κ3) is 5.68. The summed E-state index contributed by atoms with van der Waals surface area (Å²) in [5.41, 5.74) is 0.430. The summed E-state index contributed by atoms with van der Waals surface area (Å²) in [7, 11) is 0. The number of hydrogen-bond donors (Lipinski definition) is 2. The van der Waals surface area contributed by atoms with Crippen molar-refractivity contribution in [3.63, 3.8) is 0 Å². The molecule has 0 radical (unpaired) electrons. The van der Waals surface area contributed by atoms with E-state index in [9.17, 15) is 14.4 Å². The van der Waals surface area contributed by atoms with Crippen LogP contribution in [0, 0.1) is 18.3 Å². The Morgan fingerprint density at radius 3 is 2.22 bits per heavy atom. The van der Waals surface area contributed by atoms with E-state index in [1.54, 1.807) is 17.0 Å². The minimum absolute atomic E-state index is 0.138. The van der Waals surface area contributed by atoms with Crippen LogP contribution in [0.25, 0.3) is 0 Å². The summed E-state index contributed by atoms with van der Waals surface area (Å²) in [5, 5.41) is 6.80. The summed E-state index contributed by atoms with van der Waals surface area (Å²) in [6.07, 6.45) is 0.250. The number of benzene rings is 1. The summed E-state index contributed by atoms with van der Waals surface area (Å²) in [6, 6.07) is 6.77. The molecule has 0 bridgehead atoms. The van der Waals surface area contributed by atoms with Crippen LogP contribution >= 0.6 is 11.6 Å². The Balaban J connectivity index is 0.00000121. The normalized spacial score (nSPS) is 13.7. The van der Waals surface area contributed by atoms with Crippen molar-refractivity contribution in [3.05, 3.63) is 72.4 Å². The van der Waals surface area contributed by atoms with Crippen LogP contribution in [0.4, 0.5) is 17.1 Å². The molecule has 37 heavy (non-hydrogen) atoms. The van der Waals surface area contributed by atoms with Crippen molar-refractivity contribution in [2.24, 2.45) is 11.3 Å². The molecule has 1 atom stereocenters. The van der Waals surface area contributed by atoms with Crippen LogP contribution in [-0.4, -0.2) is 23.5 Å². The number of nitrogens with one attached hydrogen (secondary N) is 2. The van der Waals surface area contributed by atoms with Crippen LogP contribution in [0.5, 0.6) is 0 Å². The Kier molecular flexibility index (Phi) is 8.10. The van der Waals surface area contributed by atoms with Gasteiger partial charge in [0.1, 0.15) is 22.9 Å². The van der Waals surface area contributed by atoms with E-state index >= 15 is 0 Å². The highest BCUT2D eigenvalue weighted by Gasteiger charge is 2.35. The number of carbonyl (C=O) groups excluding carboxylic acids is 3. The Bertz CT molecular complexity index is 1420. The maximum absolute atomic E-state index is 13.1. The summed E-state index contributed by atoms with van der Waals surface area (Å²) in [4.78, 5) is 56.3. The highest BCUT2D eigenvalue weighted by atomic mass is 35.5. The van der Waals surface area contributed by atoms with Crippen molar-refractivity contribution in [2.75, 3.05) is 17.2 Å². The van der Waals surface area contributed by atoms with Gasteiger partial charge in [0, 0.05) is 23.7 Å². The zero-order valence-electron chi connectivity index (χ0n) is 21.7. The molecular formula is C27H30ClN3O6. The van der Waals surface area contributed by atoms with E-state index in [1.165, 1.54) is 0 Å². The number of nitrogens with zero attached hydrogens (tertiary/aromatic N) is 1. The fraction of sp³-hybridized carbons (Fsp3) is 0.407. The van der Waals surface area contributed by atoms with Crippen molar-refractivity contribution in [3.8, 4) is 0 Å². The third-order valence-electron chi connectivity index (χ3n) is 6.06. The minimum Gasteiger partial charge on any atom is -0.464 e. The van der Waals surface area contributed by atoms with E-state index in [4.69, 9.17) is 25.6 Å². The van der Waals surface area contributed by atoms with Crippen LogP contribution in [0.2, 0.25) is 5.02 Å². The maximum Gasteiger partial charge on any atom is 0.373 e. The number of fused-ring (bicyclic) bond motifs is 1. The lowest BCUT2D eigenvalue weighted by molar-refractivity contribution is -0.191. The molecule has 3 aromatic rings. The zero-order valence-corrected chi connectivity index (χ0v) is 22.4. The van der Waals surface area contributed by atoms with Gasteiger partial charge in [-0.1, -0.05) is 46.2 Å². The smallest absolute Gasteiger partial charge is 0.373 e. The van der Waals surface area contributed by atoms with E-state index in [0.717, 1.165) is 11.3 Å². The van der Waals surface area contributed by atoms with Crippen molar-refractivity contribution in [1.82, 2.24) is 4.90 Å². The maximum atomic E-state index is 13.1. The second-order valence-electron chi connectivity index (χ2n) is 10.5. The molecule has 0 unspecified atom stereocenters. The highest BCUT2D eigenvalue weighted by Crippen LogP contribution is 2.39. The molecule has 1 aliphatic rings. The Labute approximate surface area is 219 Å². The summed E-state index contributed by atoms with van der Waals surface area (Å²) in [6.45, 7) is 13.0. The molecule has 0 saturated carbocycles. The average molecular weight is 528 g/mol. The lowest BCUT2D eigenvalue weighted by atomic mass is 9.85. The van der Waals surface area contributed by atoms with E-state index in [-0.39, 0.29) is 34.9 Å². The van der Waals surface area contributed by atoms with Crippen molar-refractivity contribution in [1.29, 1.82) is 0 Å². The SMILES string of the molecule is Cc1ccc([C@H](Nc2c(Nc3ccc(Cl)c4c3C(=O)N(CC(C)C)C4)c(=O)c2=O)C(C)(C)C)o1.O=C=O. The number of amides is 1. The Hall–Kier alpha value is -3.68. The van der Waals surface area contributed by atoms with E-state index < -0.39 is 10.9 Å². The molecule has 10 heteroatoms. The molecule has 9 nitrogen and oxygen atoms in total. The van der Waals surface area contributed by atoms with Gasteiger partial charge in [0.25, 0.3) is 16.8 Å². The van der Waals surface area contributed by atoms with E-state index in [2.05, 4.69) is 10.6 Å². The van der Waals surface area contributed by atoms with Gasteiger partial charge in [-0.15, -0.1) is 0 Å². The first-order chi connectivity index (χ1) is 17.3. The highest BCUT2D eigenvalue weighted by molar-refractivity contribution is 6.32. The van der Waals surface area contributed by atoms with Gasteiger partial charge in [0.2, 0.25) is 0 Å². The largest absolute Gasteiger partial charge is 0.464 e. The number of furan rings is 1. The fourth-order valence-electron chi connectivity index (χ4n) is 4.39. The van der Waals surface area contributed by atoms with Gasteiger partial charge in [-0.2, -0.15) is 9.59 Å². The first-order valence-electron chi connectivity index (χ1n) is 11.8. The first-order valence-corrected chi connectivity index (χ1v) is 12.2. The second-order valence-corrected chi connectivity index (χ2v) is 10.9. The molecule has 196 valence electrons. The fourth-order valence-corrected chi connectivity index (χ4v) is 4.60. The molecule has 1 amide bonds. The molecule has 2 N–H and O–H groups in total. The summed E-state index contributed by atoms with van der Waals surface area (Å²) >= 11 is 6.40.